The molecule has 0 unspecified atom stereocenters. The maximum atomic E-state index is 13.3. The smallest absolute Gasteiger partial charge is 0.254 e. The summed E-state index contributed by atoms with van der Waals surface area (Å²) in [7, 11) is 2.06. The van der Waals surface area contributed by atoms with E-state index in [1.54, 1.807) is 11.3 Å². The molecular formula is C25H29N3OS. The number of amides is 1. The van der Waals surface area contributed by atoms with E-state index in [2.05, 4.69) is 47.4 Å². The second kappa shape index (κ2) is 8.38. The molecule has 2 aromatic heterocycles. The highest BCUT2D eigenvalue weighted by Crippen LogP contribution is 2.40. The maximum Gasteiger partial charge on any atom is 0.254 e. The lowest BCUT2D eigenvalue weighted by atomic mass is 9.93. The summed E-state index contributed by atoms with van der Waals surface area (Å²) in [6.45, 7) is 0. The van der Waals surface area contributed by atoms with Gasteiger partial charge in [-0.3, -0.25) is 4.79 Å². The van der Waals surface area contributed by atoms with Crippen molar-refractivity contribution in [1.82, 2.24) is 9.88 Å². The quantitative estimate of drug-likeness (QED) is 0.523. The minimum absolute atomic E-state index is 0.0892. The number of carbonyl (C=O) groups is 1. The Morgan fingerprint density at radius 3 is 2.80 bits per heavy atom. The summed E-state index contributed by atoms with van der Waals surface area (Å²) in [5.74, 6) is 0.0892. The van der Waals surface area contributed by atoms with Gasteiger partial charge in [-0.15, -0.1) is 11.3 Å². The molecule has 0 bridgehead atoms. The zero-order valence-electron chi connectivity index (χ0n) is 17.6. The van der Waals surface area contributed by atoms with Gasteiger partial charge in [-0.05, 0) is 50.2 Å². The number of rotatable bonds is 4. The lowest BCUT2D eigenvalue weighted by molar-refractivity contribution is 0.0927. The van der Waals surface area contributed by atoms with Gasteiger partial charge in [0.1, 0.15) is 5.00 Å². The molecule has 156 valence electrons. The van der Waals surface area contributed by atoms with Gasteiger partial charge < -0.3 is 9.88 Å². The Labute approximate surface area is 182 Å². The van der Waals surface area contributed by atoms with Crippen molar-refractivity contribution in [1.29, 1.82) is 0 Å². The van der Waals surface area contributed by atoms with Crippen LogP contribution in [0.1, 0.15) is 71.3 Å². The Bertz CT molecular complexity index is 1100. The van der Waals surface area contributed by atoms with Crippen LogP contribution in [0.5, 0.6) is 0 Å². The van der Waals surface area contributed by atoms with E-state index in [1.165, 1.54) is 53.4 Å². The molecule has 2 aliphatic rings. The van der Waals surface area contributed by atoms with Crippen LogP contribution in [0.2, 0.25) is 0 Å². The summed E-state index contributed by atoms with van der Waals surface area (Å²) < 4.78 is 2.13. The third kappa shape index (κ3) is 3.71. The molecule has 0 spiro atoms. The first kappa shape index (κ1) is 19.6. The number of carbonyl (C=O) groups excluding carboxylic acids is 1. The van der Waals surface area contributed by atoms with Crippen LogP contribution in [0, 0.1) is 0 Å². The van der Waals surface area contributed by atoms with Crippen molar-refractivity contribution >= 4 is 39.4 Å². The van der Waals surface area contributed by atoms with Crippen molar-refractivity contribution in [2.45, 2.75) is 63.8 Å². The molecule has 5 rings (SSSR count). The van der Waals surface area contributed by atoms with Gasteiger partial charge in [0, 0.05) is 46.8 Å². The largest absolute Gasteiger partial charge is 0.350 e. The summed E-state index contributed by atoms with van der Waals surface area (Å²) in [5.41, 5.74) is 4.39. The molecule has 4 nitrogen and oxygen atoms in total. The molecule has 1 fully saturated rings. The van der Waals surface area contributed by atoms with Gasteiger partial charge >= 0.3 is 0 Å². The Morgan fingerprint density at radius 1 is 1.13 bits per heavy atom. The number of nitrogens with zero attached hydrogens (tertiary/aromatic N) is 2. The van der Waals surface area contributed by atoms with Crippen molar-refractivity contribution in [2.75, 3.05) is 0 Å². The SMILES string of the molecule is Cn1cc(C=Nc2sc3c(c2C(=O)NC2CCCCC2)CCCC3)c2ccccc21. The van der Waals surface area contributed by atoms with Gasteiger partial charge in [0.25, 0.3) is 5.91 Å². The molecule has 3 aromatic rings. The van der Waals surface area contributed by atoms with Crippen LogP contribution in [-0.4, -0.2) is 22.7 Å². The number of hydrogen-bond acceptors (Lipinski definition) is 3. The van der Waals surface area contributed by atoms with E-state index in [1.807, 2.05) is 6.21 Å². The fourth-order valence-corrected chi connectivity index (χ4v) is 6.22. The summed E-state index contributed by atoms with van der Waals surface area (Å²) >= 11 is 1.72. The number of thiophene rings is 1. The average molecular weight is 420 g/mol. The Morgan fingerprint density at radius 2 is 1.93 bits per heavy atom. The number of benzene rings is 1. The summed E-state index contributed by atoms with van der Waals surface area (Å²) in [4.78, 5) is 19.6. The number of para-hydroxylation sites is 1. The molecule has 0 aliphatic heterocycles. The van der Waals surface area contributed by atoms with Crippen LogP contribution in [0.15, 0.2) is 35.5 Å². The van der Waals surface area contributed by atoms with E-state index in [0.29, 0.717) is 6.04 Å². The van der Waals surface area contributed by atoms with Gasteiger partial charge in [0.2, 0.25) is 0 Å². The molecule has 30 heavy (non-hydrogen) atoms. The van der Waals surface area contributed by atoms with Crippen LogP contribution in [0.4, 0.5) is 5.00 Å². The highest BCUT2D eigenvalue weighted by atomic mass is 32.1. The zero-order chi connectivity index (χ0) is 20.5. The molecule has 2 heterocycles. The highest BCUT2D eigenvalue weighted by Gasteiger charge is 2.27. The molecule has 1 saturated carbocycles. The molecule has 0 saturated heterocycles. The molecule has 1 amide bonds. The normalized spacial score (nSPS) is 17.5. The topological polar surface area (TPSA) is 46.4 Å². The molecule has 1 N–H and O–H groups in total. The fraction of sp³-hybridized carbons (Fsp3) is 0.440. The Kier molecular flexibility index (Phi) is 5.47. The Balaban J connectivity index is 1.49. The van der Waals surface area contributed by atoms with E-state index < -0.39 is 0 Å². The summed E-state index contributed by atoms with van der Waals surface area (Å²) in [5, 5.41) is 5.40. The van der Waals surface area contributed by atoms with Crippen LogP contribution in [-0.2, 0) is 19.9 Å². The minimum atomic E-state index is 0.0892. The number of aliphatic imine (C=N–C) groups is 1. The van der Waals surface area contributed by atoms with Crippen LogP contribution < -0.4 is 5.32 Å². The van der Waals surface area contributed by atoms with E-state index in [9.17, 15) is 4.79 Å². The van der Waals surface area contributed by atoms with Crippen LogP contribution in [0.25, 0.3) is 10.9 Å². The predicted molar refractivity (Wildman–Crippen MR) is 125 cm³/mol. The standard InChI is InChI=1S/C25H29N3OS/c1-28-16-17(19-11-5-7-13-21(19)28)15-26-25-23(20-12-6-8-14-22(20)30-25)24(29)27-18-9-3-2-4-10-18/h5,7,11,13,15-16,18H,2-4,6,8-10,12,14H2,1H3,(H,27,29). The van der Waals surface area contributed by atoms with Crippen molar-refractivity contribution in [2.24, 2.45) is 12.0 Å². The van der Waals surface area contributed by atoms with E-state index in [0.717, 1.165) is 41.8 Å². The first-order chi connectivity index (χ1) is 14.7. The maximum absolute atomic E-state index is 13.3. The van der Waals surface area contributed by atoms with Gasteiger partial charge in [-0.1, -0.05) is 37.5 Å². The molecular weight excluding hydrogens is 390 g/mol. The molecule has 1 aromatic carbocycles. The highest BCUT2D eigenvalue weighted by molar-refractivity contribution is 7.16. The van der Waals surface area contributed by atoms with Crippen LogP contribution >= 0.6 is 11.3 Å². The van der Waals surface area contributed by atoms with Gasteiger partial charge in [-0.2, -0.15) is 0 Å². The van der Waals surface area contributed by atoms with Crippen LogP contribution in [0.3, 0.4) is 0 Å². The third-order valence-electron chi connectivity index (χ3n) is 6.57. The lowest BCUT2D eigenvalue weighted by Crippen LogP contribution is -2.36. The Hall–Kier alpha value is -2.40. The van der Waals surface area contributed by atoms with Gasteiger partial charge in [0.15, 0.2) is 0 Å². The molecule has 0 atom stereocenters. The fourth-order valence-electron chi connectivity index (χ4n) is 4.99. The number of nitrogens with one attached hydrogen (secondary N) is 1. The zero-order valence-corrected chi connectivity index (χ0v) is 18.4. The van der Waals surface area contributed by atoms with E-state index in [4.69, 9.17) is 4.99 Å². The molecule has 0 radical (unpaired) electrons. The molecule has 2 aliphatic carbocycles. The monoisotopic (exact) mass is 419 g/mol. The van der Waals surface area contributed by atoms with Gasteiger partial charge in [-0.25, -0.2) is 4.99 Å². The average Bonchev–Trinajstić information content (AvgIpc) is 3.30. The third-order valence-corrected chi connectivity index (χ3v) is 7.77. The first-order valence-corrected chi connectivity index (χ1v) is 12.1. The number of hydrogen-bond donors (Lipinski definition) is 1. The predicted octanol–water partition coefficient (Wildman–Crippen LogP) is 5.93. The number of fused-ring (bicyclic) bond motifs is 2. The van der Waals surface area contributed by atoms with Crippen molar-refractivity contribution in [3.63, 3.8) is 0 Å². The van der Waals surface area contributed by atoms with E-state index >= 15 is 0 Å². The van der Waals surface area contributed by atoms with Crippen molar-refractivity contribution < 1.29 is 4.79 Å². The number of aromatic nitrogens is 1. The second-order valence-corrected chi connectivity index (χ2v) is 9.75. The minimum Gasteiger partial charge on any atom is -0.350 e. The van der Waals surface area contributed by atoms with E-state index in [-0.39, 0.29) is 5.91 Å². The second-order valence-electron chi connectivity index (χ2n) is 8.67. The number of aryl methyl sites for hydroxylation is 2. The van der Waals surface area contributed by atoms with Crippen molar-refractivity contribution in [3.8, 4) is 0 Å². The first-order valence-electron chi connectivity index (χ1n) is 11.2. The van der Waals surface area contributed by atoms with Gasteiger partial charge in [0.05, 0.1) is 5.56 Å². The summed E-state index contributed by atoms with van der Waals surface area (Å²) in [6.07, 6.45) is 14.5. The summed E-state index contributed by atoms with van der Waals surface area (Å²) in [6, 6.07) is 8.70. The van der Waals surface area contributed by atoms with Crippen molar-refractivity contribution in [3.05, 3.63) is 52.0 Å². The lowest BCUT2D eigenvalue weighted by Gasteiger charge is -2.23. The molecule has 5 heteroatoms.